The van der Waals surface area contributed by atoms with Crippen LogP contribution in [0.25, 0.3) is 10.9 Å². The van der Waals surface area contributed by atoms with Crippen molar-refractivity contribution in [2.24, 2.45) is 0 Å². The quantitative estimate of drug-likeness (QED) is 0.419. The van der Waals surface area contributed by atoms with Gasteiger partial charge in [0.1, 0.15) is 0 Å². The van der Waals surface area contributed by atoms with E-state index < -0.39 is 0 Å². The number of nitrogens with one attached hydrogen (secondary N) is 1. The van der Waals surface area contributed by atoms with Gasteiger partial charge in [0, 0.05) is 35.3 Å². The highest BCUT2D eigenvalue weighted by Crippen LogP contribution is 2.31. The van der Waals surface area contributed by atoms with Crippen LogP contribution in [0.3, 0.4) is 0 Å². The summed E-state index contributed by atoms with van der Waals surface area (Å²) in [5.41, 5.74) is 5.75. The highest BCUT2D eigenvalue weighted by atomic mass is 16.1. The molecule has 0 bridgehead atoms. The molecule has 0 atom stereocenters. The van der Waals surface area contributed by atoms with Crippen LogP contribution in [0.4, 0.5) is 0 Å². The molecule has 1 N–H and O–H groups in total. The Morgan fingerprint density at radius 3 is 2.10 bits per heavy atom. The summed E-state index contributed by atoms with van der Waals surface area (Å²) in [4.78, 5) is 15.9. The molecule has 0 aliphatic heterocycles. The first kappa shape index (κ1) is 18.2. The van der Waals surface area contributed by atoms with Crippen LogP contribution in [0.15, 0.2) is 114 Å². The van der Waals surface area contributed by atoms with E-state index in [1.165, 1.54) is 11.1 Å². The maximum atomic E-state index is 12.7. The van der Waals surface area contributed by atoms with Gasteiger partial charge in [-0.15, -0.1) is 0 Å². The minimum atomic E-state index is 0.00571. The van der Waals surface area contributed by atoms with Crippen LogP contribution in [0.1, 0.15) is 28.2 Å². The summed E-state index contributed by atoms with van der Waals surface area (Å²) in [6.07, 6.45) is 3.95. The molecule has 3 aromatic carbocycles. The van der Waals surface area contributed by atoms with Gasteiger partial charge in [0.15, 0.2) is 0 Å². The average Bonchev–Trinajstić information content (AvgIpc) is 3.28. The van der Waals surface area contributed by atoms with E-state index in [0.717, 1.165) is 22.0 Å². The van der Waals surface area contributed by atoms with Gasteiger partial charge >= 0.3 is 0 Å². The van der Waals surface area contributed by atoms with Crippen molar-refractivity contribution >= 4 is 10.9 Å². The van der Waals surface area contributed by atoms with Crippen molar-refractivity contribution in [3.8, 4) is 0 Å². The number of aromatic nitrogens is 2. The zero-order valence-corrected chi connectivity index (χ0v) is 16.5. The standard InChI is InChI=1S/C27H22N2O/c30-26-15-14-23(19-29(26)18-22-12-7-13-25-24(22)16-17-28-25)27(20-8-3-1-4-9-20)21-10-5-2-6-11-21/h1-17,19,27-28H,18H2. The Morgan fingerprint density at radius 1 is 0.700 bits per heavy atom. The lowest BCUT2D eigenvalue weighted by molar-refractivity contribution is 0.748. The van der Waals surface area contributed by atoms with Crippen molar-refractivity contribution in [1.82, 2.24) is 9.55 Å². The minimum absolute atomic E-state index is 0.00571. The second kappa shape index (κ2) is 7.88. The second-order valence-corrected chi connectivity index (χ2v) is 7.54. The van der Waals surface area contributed by atoms with Gasteiger partial charge in [-0.1, -0.05) is 78.9 Å². The van der Waals surface area contributed by atoms with Crippen molar-refractivity contribution in [2.75, 3.05) is 0 Å². The van der Waals surface area contributed by atoms with Crippen LogP contribution < -0.4 is 5.56 Å². The molecule has 0 spiro atoms. The molecule has 0 aliphatic carbocycles. The van der Waals surface area contributed by atoms with Crippen LogP contribution in [0.5, 0.6) is 0 Å². The predicted molar refractivity (Wildman–Crippen MR) is 122 cm³/mol. The Balaban J connectivity index is 1.60. The molecule has 0 unspecified atom stereocenters. The van der Waals surface area contributed by atoms with Crippen LogP contribution in [0, 0.1) is 0 Å². The molecular weight excluding hydrogens is 368 g/mol. The van der Waals surface area contributed by atoms with Gasteiger partial charge in [0.25, 0.3) is 5.56 Å². The van der Waals surface area contributed by atoms with E-state index in [4.69, 9.17) is 0 Å². The molecule has 0 aliphatic rings. The number of pyridine rings is 1. The average molecular weight is 390 g/mol. The largest absolute Gasteiger partial charge is 0.361 e. The summed E-state index contributed by atoms with van der Waals surface area (Å²) in [5, 5.41) is 1.15. The highest BCUT2D eigenvalue weighted by molar-refractivity contribution is 5.82. The van der Waals surface area contributed by atoms with Gasteiger partial charge in [0.2, 0.25) is 0 Å². The zero-order chi connectivity index (χ0) is 20.3. The minimum Gasteiger partial charge on any atom is -0.361 e. The summed E-state index contributed by atoms with van der Waals surface area (Å²) in [6.45, 7) is 0.540. The Morgan fingerprint density at radius 2 is 1.40 bits per heavy atom. The van der Waals surface area contributed by atoms with Crippen molar-refractivity contribution in [3.63, 3.8) is 0 Å². The summed E-state index contributed by atoms with van der Waals surface area (Å²) in [5.74, 6) is 0.0716. The SMILES string of the molecule is O=c1ccc(C(c2ccccc2)c2ccccc2)cn1Cc1cccc2[nH]ccc12. The van der Waals surface area contributed by atoms with Gasteiger partial charge in [-0.05, 0) is 34.4 Å². The Hall–Kier alpha value is -3.85. The van der Waals surface area contributed by atoms with E-state index in [1.807, 2.05) is 41.2 Å². The van der Waals surface area contributed by atoms with Crippen LogP contribution in [0.2, 0.25) is 0 Å². The molecule has 0 fully saturated rings. The molecule has 0 radical (unpaired) electrons. The number of aromatic amines is 1. The summed E-state index contributed by atoms with van der Waals surface area (Å²) in [6, 6.07) is 32.8. The van der Waals surface area contributed by atoms with Gasteiger partial charge in [-0.25, -0.2) is 0 Å². The first-order chi connectivity index (χ1) is 14.8. The fraction of sp³-hybridized carbons (Fsp3) is 0.0741. The van der Waals surface area contributed by atoms with Gasteiger partial charge in [-0.2, -0.15) is 0 Å². The third-order valence-corrected chi connectivity index (χ3v) is 5.63. The molecule has 5 aromatic rings. The maximum Gasteiger partial charge on any atom is 0.250 e. The molecule has 3 nitrogen and oxygen atoms in total. The number of hydrogen-bond acceptors (Lipinski definition) is 1. The molecule has 5 rings (SSSR count). The first-order valence-electron chi connectivity index (χ1n) is 10.1. The normalized spacial score (nSPS) is 11.2. The lowest BCUT2D eigenvalue weighted by Gasteiger charge is -2.20. The molecule has 0 saturated heterocycles. The Labute approximate surface area is 175 Å². The molecule has 2 aromatic heterocycles. The third kappa shape index (κ3) is 3.46. The zero-order valence-electron chi connectivity index (χ0n) is 16.5. The van der Waals surface area contributed by atoms with Crippen LogP contribution in [-0.2, 0) is 6.54 Å². The fourth-order valence-electron chi connectivity index (χ4n) is 4.18. The molecule has 2 heterocycles. The summed E-state index contributed by atoms with van der Waals surface area (Å²) in [7, 11) is 0. The molecule has 146 valence electrons. The topological polar surface area (TPSA) is 37.8 Å². The first-order valence-corrected chi connectivity index (χ1v) is 10.1. The number of H-pyrrole nitrogens is 1. The lowest BCUT2D eigenvalue weighted by Crippen LogP contribution is -2.21. The Bertz CT molecular complexity index is 1290. The molecule has 3 heteroatoms. The summed E-state index contributed by atoms with van der Waals surface area (Å²) < 4.78 is 1.82. The van der Waals surface area contributed by atoms with Gasteiger partial charge in [0.05, 0.1) is 6.54 Å². The molecular formula is C27H22N2O. The number of hydrogen-bond donors (Lipinski definition) is 1. The van der Waals surface area contributed by atoms with E-state index in [-0.39, 0.29) is 11.5 Å². The third-order valence-electron chi connectivity index (χ3n) is 5.63. The second-order valence-electron chi connectivity index (χ2n) is 7.54. The number of nitrogens with zero attached hydrogens (tertiary/aromatic N) is 1. The van der Waals surface area contributed by atoms with E-state index in [1.54, 1.807) is 6.07 Å². The monoisotopic (exact) mass is 390 g/mol. The maximum absolute atomic E-state index is 12.7. The summed E-state index contributed by atoms with van der Waals surface area (Å²) >= 11 is 0. The molecule has 0 saturated carbocycles. The molecule has 30 heavy (non-hydrogen) atoms. The van der Waals surface area contributed by atoms with Crippen molar-refractivity contribution < 1.29 is 0 Å². The van der Waals surface area contributed by atoms with E-state index in [9.17, 15) is 4.79 Å². The fourth-order valence-corrected chi connectivity index (χ4v) is 4.18. The smallest absolute Gasteiger partial charge is 0.250 e. The van der Waals surface area contributed by atoms with Gasteiger partial charge < -0.3 is 9.55 Å². The van der Waals surface area contributed by atoms with Crippen LogP contribution >= 0.6 is 0 Å². The van der Waals surface area contributed by atoms with Crippen molar-refractivity contribution in [1.29, 1.82) is 0 Å². The highest BCUT2D eigenvalue weighted by Gasteiger charge is 2.17. The number of fused-ring (bicyclic) bond motifs is 1. The van der Waals surface area contributed by atoms with Crippen molar-refractivity contribution in [3.05, 3.63) is 142 Å². The lowest BCUT2D eigenvalue weighted by atomic mass is 9.86. The predicted octanol–water partition coefficient (Wildman–Crippen LogP) is 5.56. The van der Waals surface area contributed by atoms with E-state index in [0.29, 0.717) is 6.54 Å². The van der Waals surface area contributed by atoms with E-state index >= 15 is 0 Å². The number of benzene rings is 3. The van der Waals surface area contributed by atoms with Crippen LogP contribution in [-0.4, -0.2) is 9.55 Å². The van der Waals surface area contributed by atoms with Crippen molar-refractivity contribution in [2.45, 2.75) is 12.5 Å². The Kier molecular flexibility index (Phi) is 4.78. The van der Waals surface area contributed by atoms with Gasteiger partial charge in [-0.3, -0.25) is 4.79 Å². The number of rotatable bonds is 5. The van der Waals surface area contributed by atoms with E-state index in [2.05, 4.69) is 71.7 Å². The molecule has 0 amide bonds.